The molecule has 1 aromatic carbocycles. The molecule has 0 aliphatic carbocycles. The van der Waals surface area contributed by atoms with Gasteiger partial charge in [-0.1, -0.05) is 44.5 Å². The summed E-state index contributed by atoms with van der Waals surface area (Å²) in [4.78, 5) is 5.73. The highest BCUT2D eigenvalue weighted by atomic mass is 35.5. The second-order valence-corrected chi connectivity index (χ2v) is 7.60. The molecule has 2 aromatic rings. The topological polar surface area (TPSA) is 22.1 Å². The van der Waals surface area contributed by atoms with Crippen LogP contribution in [0.3, 0.4) is 0 Å². The van der Waals surface area contributed by atoms with Crippen LogP contribution in [0.1, 0.15) is 32.6 Å². The van der Waals surface area contributed by atoms with E-state index in [2.05, 4.69) is 31.8 Å². The number of benzene rings is 1. The van der Waals surface area contributed by atoms with Crippen LogP contribution in [0.25, 0.3) is 11.3 Å². The number of hydrogen-bond acceptors (Lipinski definition) is 3. The molecular formula is C16H20ClNOS. The Labute approximate surface area is 129 Å². The summed E-state index contributed by atoms with van der Waals surface area (Å²) in [5, 5.41) is 0. The molecular weight excluding hydrogens is 290 g/mol. The van der Waals surface area contributed by atoms with Gasteiger partial charge in [-0.15, -0.1) is 11.3 Å². The molecule has 0 radical (unpaired) electrons. The van der Waals surface area contributed by atoms with E-state index in [4.69, 9.17) is 16.3 Å². The summed E-state index contributed by atoms with van der Waals surface area (Å²) in [6.45, 7) is 9.32. The smallest absolute Gasteiger partial charge is 0.184 e. The Morgan fingerprint density at radius 3 is 2.70 bits per heavy atom. The zero-order valence-corrected chi connectivity index (χ0v) is 13.9. The van der Waals surface area contributed by atoms with Crippen LogP contribution in [0.4, 0.5) is 0 Å². The molecule has 0 aliphatic heterocycles. The molecule has 20 heavy (non-hydrogen) atoms. The lowest BCUT2D eigenvalue weighted by molar-refractivity contribution is 0.340. The summed E-state index contributed by atoms with van der Waals surface area (Å²) >= 11 is 7.69. The van der Waals surface area contributed by atoms with Crippen LogP contribution in [0.15, 0.2) is 24.3 Å². The van der Waals surface area contributed by atoms with E-state index in [0.717, 1.165) is 23.4 Å². The molecule has 0 spiro atoms. The fourth-order valence-electron chi connectivity index (χ4n) is 2.05. The average molecular weight is 310 g/mol. The molecule has 4 heteroatoms. The van der Waals surface area contributed by atoms with Crippen LogP contribution in [0, 0.1) is 5.41 Å². The van der Waals surface area contributed by atoms with Crippen molar-refractivity contribution < 1.29 is 4.74 Å². The lowest BCUT2D eigenvalue weighted by Gasteiger charge is -2.17. The fraction of sp³-hybridized carbons (Fsp3) is 0.438. The van der Waals surface area contributed by atoms with E-state index in [1.165, 1.54) is 4.88 Å². The minimum atomic E-state index is 0.210. The first-order valence-corrected chi connectivity index (χ1v) is 7.97. The van der Waals surface area contributed by atoms with E-state index < -0.39 is 0 Å². The normalized spacial score (nSPS) is 11.7. The molecule has 0 amide bonds. The van der Waals surface area contributed by atoms with Gasteiger partial charge in [0.2, 0.25) is 0 Å². The van der Waals surface area contributed by atoms with Crippen molar-refractivity contribution in [3.63, 3.8) is 0 Å². The van der Waals surface area contributed by atoms with Crippen molar-refractivity contribution in [3.05, 3.63) is 33.6 Å². The Hall–Kier alpha value is -1.06. The summed E-state index contributed by atoms with van der Waals surface area (Å²) < 4.78 is 6.16. The molecule has 2 rings (SSSR count). The third kappa shape index (κ3) is 3.97. The Morgan fingerprint density at radius 2 is 2.05 bits per heavy atom. The number of halogens is 1. The molecule has 0 atom stereocenters. The highest BCUT2D eigenvalue weighted by molar-refractivity contribution is 7.16. The first kappa shape index (κ1) is 15.3. The van der Waals surface area contributed by atoms with E-state index >= 15 is 0 Å². The first-order valence-electron chi connectivity index (χ1n) is 6.77. The van der Waals surface area contributed by atoms with Crippen molar-refractivity contribution in [1.29, 1.82) is 0 Å². The van der Waals surface area contributed by atoms with Crippen molar-refractivity contribution >= 4 is 22.9 Å². The largest absolute Gasteiger partial charge is 0.494 e. The van der Waals surface area contributed by atoms with E-state index in [-0.39, 0.29) is 5.41 Å². The standard InChI is InChI=1S/C16H20ClNOS/c1-5-19-12-8-6-7-11(9-12)14-13(10-16(2,3)4)20-15(17)18-14/h6-9H,5,10H2,1-4H3. The second kappa shape index (κ2) is 6.15. The lowest BCUT2D eigenvalue weighted by Crippen LogP contribution is -2.08. The van der Waals surface area contributed by atoms with Crippen molar-refractivity contribution in [3.8, 4) is 17.0 Å². The molecule has 0 saturated carbocycles. The molecule has 0 bridgehead atoms. The van der Waals surface area contributed by atoms with E-state index in [1.807, 2.05) is 25.1 Å². The number of aromatic nitrogens is 1. The van der Waals surface area contributed by atoms with Crippen LogP contribution < -0.4 is 4.74 Å². The Morgan fingerprint density at radius 1 is 1.30 bits per heavy atom. The third-order valence-electron chi connectivity index (χ3n) is 2.78. The van der Waals surface area contributed by atoms with Gasteiger partial charge in [0.15, 0.2) is 4.47 Å². The van der Waals surface area contributed by atoms with Crippen LogP contribution >= 0.6 is 22.9 Å². The molecule has 0 aliphatic rings. The van der Waals surface area contributed by atoms with Gasteiger partial charge in [-0.3, -0.25) is 0 Å². The average Bonchev–Trinajstić information content (AvgIpc) is 2.68. The molecule has 108 valence electrons. The first-order chi connectivity index (χ1) is 9.39. The Kier molecular flexibility index (Phi) is 4.71. The van der Waals surface area contributed by atoms with Gasteiger partial charge in [-0.2, -0.15) is 0 Å². The summed E-state index contributed by atoms with van der Waals surface area (Å²) in [6.07, 6.45) is 0.964. The molecule has 2 nitrogen and oxygen atoms in total. The van der Waals surface area contributed by atoms with Gasteiger partial charge in [0.05, 0.1) is 12.3 Å². The lowest BCUT2D eigenvalue weighted by atomic mass is 9.90. The quantitative estimate of drug-likeness (QED) is 0.749. The SMILES string of the molecule is CCOc1cccc(-c2nc(Cl)sc2CC(C)(C)C)c1. The maximum Gasteiger partial charge on any atom is 0.184 e. The van der Waals surface area contributed by atoms with E-state index in [0.29, 0.717) is 11.1 Å². The van der Waals surface area contributed by atoms with Crippen molar-refractivity contribution in [2.24, 2.45) is 5.41 Å². The minimum Gasteiger partial charge on any atom is -0.494 e. The second-order valence-electron chi connectivity index (χ2n) is 5.94. The fourth-order valence-corrected chi connectivity index (χ4v) is 3.52. The summed E-state index contributed by atoms with van der Waals surface area (Å²) in [7, 11) is 0. The summed E-state index contributed by atoms with van der Waals surface area (Å²) in [5.41, 5.74) is 2.26. The summed E-state index contributed by atoms with van der Waals surface area (Å²) in [5.74, 6) is 0.871. The Balaban J connectivity index is 2.39. The van der Waals surface area contributed by atoms with Gasteiger partial charge in [0.25, 0.3) is 0 Å². The van der Waals surface area contributed by atoms with Crippen LogP contribution in [-0.4, -0.2) is 11.6 Å². The highest BCUT2D eigenvalue weighted by Gasteiger charge is 2.19. The highest BCUT2D eigenvalue weighted by Crippen LogP contribution is 2.36. The number of nitrogens with zero attached hydrogens (tertiary/aromatic N) is 1. The zero-order chi connectivity index (χ0) is 14.8. The molecule has 0 saturated heterocycles. The molecule has 1 heterocycles. The summed E-state index contributed by atoms with van der Waals surface area (Å²) in [6, 6.07) is 8.04. The number of thiazole rings is 1. The van der Waals surface area contributed by atoms with Crippen LogP contribution in [-0.2, 0) is 6.42 Å². The van der Waals surface area contributed by atoms with Crippen molar-refractivity contribution in [2.45, 2.75) is 34.1 Å². The zero-order valence-electron chi connectivity index (χ0n) is 12.4. The van der Waals surface area contributed by atoms with Gasteiger partial charge in [0.1, 0.15) is 5.75 Å². The Bertz CT molecular complexity index is 586. The minimum absolute atomic E-state index is 0.210. The van der Waals surface area contributed by atoms with E-state index in [9.17, 15) is 0 Å². The predicted octanol–water partition coefficient (Wildman–Crippen LogP) is 5.45. The number of hydrogen-bond donors (Lipinski definition) is 0. The van der Waals surface area contributed by atoms with Gasteiger partial charge >= 0.3 is 0 Å². The van der Waals surface area contributed by atoms with Gasteiger partial charge in [0, 0.05) is 10.4 Å². The van der Waals surface area contributed by atoms with E-state index in [1.54, 1.807) is 11.3 Å². The van der Waals surface area contributed by atoms with Crippen molar-refractivity contribution in [2.75, 3.05) is 6.61 Å². The maximum atomic E-state index is 6.12. The van der Waals surface area contributed by atoms with Gasteiger partial charge in [-0.25, -0.2) is 4.98 Å². The monoisotopic (exact) mass is 309 g/mol. The van der Waals surface area contributed by atoms with Crippen LogP contribution in [0.5, 0.6) is 5.75 Å². The molecule has 0 N–H and O–H groups in total. The molecule has 1 aromatic heterocycles. The van der Waals surface area contributed by atoms with Crippen molar-refractivity contribution in [1.82, 2.24) is 4.98 Å². The van der Waals surface area contributed by atoms with Crippen LogP contribution in [0.2, 0.25) is 4.47 Å². The maximum absolute atomic E-state index is 6.12. The molecule has 0 fully saturated rings. The molecule has 0 unspecified atom stereocenters. The van der Waals surface area contributed by atoms with Gasteiger partial charge in [-0.05, 0) is 30.9 Å². The number of ether oxygens (including phenoxy) is 1. The predicted molar refractivity (Wildman–Crippen MR) is 86.9 cm³/mol. The number of rotatable bonds is 4. The van der Waals surface area contributed by atoms with Gasteiger partial charge < -0.3 is 4.74 Å². The third-order valence-corrected chi connectivity index (χ3v) is 3.94.